The van der Waals surface area contributed by atoms with Gasteiger partial charge in [0.05, 0.1) is 7.11 Å². The van der Waals surface area contributed by atoms with Crippen molar-refractivity contribution in [2.24, 2.45) is 5.41 Å². The first-order chi connectivity index (χ1) is 7.48. The molecule has 1 aromatic rings. The van der Waals surface area contributed by atoms with Crippen LogP contribution in [0.15, 0.2) is 30.3 Å². The summed E-state index contributed by atoms with van der Waals surface area (Å²) in [5, 5.41) is 2.66. The van der Waals surface area contributed by atoms with Crippen LogP contribution in [0.4, 0.5) is 5.69 Å². The molecule has 0 atom stereocenters. The molecule has 1 aromatic carbocycles. The van der Waals surface area contributed by atoms with Crippen LogP contribution in [0.2, 0.25) is 0 Å². The standard InChI is InChI=1S/C12H15NO3/c1-12(2,11(15)16-3)10(14)13-9-7-5-4-6-8-9/h4-8H,1-3H3,(H,13,14). The van der Waals surface area contributed by atoms with Gasteiger partial charge in [0, 0.05) is 5.69 Å². The number of methoxy groups -OCH3 is 1. The van der Waals surface area contributed by atoms with Gasteiger partial charge in [0.15, 0.2) is 0 Å². The minimum atomic E-state index is -1.19. The molecule has 0 radical (unpaired) electrons. The molecule has 0 spiro atoms. The summed E-state index contributed by atoms with van der Waals surface area (Å²) in [5.74, 6) is -0.938. The molecule has 0 heterocycles. The highest BCUT2D eigenvalue weighted by molar-refractivity contribution is 6.08. The molecule has 0 aromatic heterocycles. The molecule has 0 aliphatic carbocycles. The van der Waals surface area contributed by atoms with Gasteiger partial charge in [-0.2, -0.15) is 0 Å². The van der Waals surface area contributed by atoms with E-state index in [-0.39, 0.29) is 5.91 Å². The third kappa shape index (κ3) is 2.59. The van der Waals surface area contributed by atoms with Crippen LogP contribution in [-0.4, -0.2) is 19.0 Å². The van der Waals surface area contributed by atoms with Crippen LogP contribution in [0.5, 0.6) is 0 Å². The lowest BCUT2D eigenvalue weighted by Crippen LogP contribution is -2.38. The summed E-state index contributed by atoms with van der Waals surface area (Å²) in [6.07, 6.45) is 0. The van der Waals surface area contributed by atoms with E-state index in [1.807, 2.05) is 6.07 Å². The van der Waals surface area contributed by atoms with Crippen molar-refractivity contribution in [3.05, 3.63) is 30.3 Å². The fraction of sp³-hybridized carbons (Fsp3) is 0.333. The van der Waals surface area contributed by atoms with Crippen molar-refractivity contribution in [3.63, 3.8) is 0 Å². The number of hydrogen-bond acceptors (Lipinski definition) is 3. The molecule has 4 nitrogen and oxygen atoms in total. The first kappa shape index (κ1) is 12.2. The van der Waals surface area contributed by atoms with Crippen LogP contribution >= 0.6 is 0 Å². The fourth-order valence-electron chi connectivity index (χ4n) is 1.16. The molecular formula is C12H15NO3. The average Bonchev–Trinajstić information content (AvgIpc) is 2.29. The van der Waals surface area contributed by atoms with E-state index >= 15 is 0 Å². The highest BCUT2D eigenvalue weighted by Gasteiger charge is 2.37. The van der Waals surface area contributed by atoms with Gasteiger partial charge >= 0.3 is 5.97 Å². The van der Waals surface area contributed by atoms with Gasteiger partial charge in [0.2, 0.25) is 5.91 Å². The maximum atomic E-state index is 11.8. The Hall–Kier alpha value is -1.84. The van der Waals surface area contributed by atoms with Crippen LogP contribution in [-0.2, 0) is 14.3 Å². The molecule has 0 aliphatic heterocycles. The Bertz CT molecular complexity index is 385. The van der Waals surface area contributed by atoms with Crippen molar-refractivity contribution < 1.29 is 14.3 Å². The molecule has 86 valence electrons. The lowest BCUT2D eigenvalue weighted by atomic mass is 9.92. The van der Waals surface area contributed by atoms with E-state index in [9.17, 15) is 9.59 Å². The van der Waals surface area contributed by atoms with Gasteiger partial charge < -0.3 is 10.1 Å². The molecule has 0 saturated carbocycles. The summed E-state index contributed by atoms with van der Waals surface area (Å²) in [4.78, 5) is 23.2. The van der Waals surface area contributed by atoms with Crippen LogP contribution in [0.25, 0.3) is 0 Å². The third-order valence-corrected chi connectivity index (χ3v) is 2.30. The van der Waals surface area contributed by atoms with E-state index in [2.05, 4.69) is 10.1 Å². The number of anilines is 1. The zero-order valence-electron chi connectivity index (χ0n) is 9.61. The van der Waals surface area contributed by atoms with Gasteiger partial charge in [-0.05, 0) is 26.0 Å². The number of para-hydroxylation sites is 1. The molecule has 0 unspecified atom stereocenters. The third-order valence-electron chi connectivity index (χ3n) is 2.30. The monoisotopic (exact) mass is 221 g/mol. The molecule has 0 fully saturated rings. The highest BCUT2D eigenvalue weighted by Crippen LogP contribution is 2.20. The van der Waals surface area contributed by atoms with E-state index in [1.54, 1.807) is 24.3 Å². The molecular weight excluding hydrogens is 206 g/mol. The summed E-state index contributed by atoms with van der Waals surface area (Å²) in [5.41, 5.74) is -0.533. The second-order valence-electron chi connectivity index (χ2n) is 3.94. The van der Waals surface area contributed by atoms with E-state index in [0.717, 1.165) is 0 Å². The fourth-order valence-corrected chi connectivity index (χ4v) is 1.16. The molecule has 1 N–H and O–H groups in total. The van der Waals surface area contributed by atoms with Gasteiger partial charge in [-0.1, -0.05) is 18.2 Å². The zero-order chi connectivity index (χ0) is 12.2. The van der Waals surface area contributed by atoms with Gasteiger partial charge in [0.1, 0.15) is 5.41 Å². The van der Waals surface area contributed by atoms with Crippen LogP contribution < -0.4 is 5.32 Å². The predicted molar refractivity (Wildman–Crippen MR) is 60.9 cm³/mol. The predicted octanol–water partition coefficient (Wildman–Crippen LogP) is 1.82. The van der Waals surface area contributed by atoms with Crippen molar-refractivity contribution in [2.45, 2.75) is 13.8 Å². The Morgan fingerprint density at radius 2 is 1.75 bits per heavy atom. The Morgan fingerprint density at radius 3 is 2.25 bits per heavy atom. The van der Waals surface area contributed by atoms with Gasteiger partial charge in [-0.15, -0.1) is 0 Å². The topological polar surface area (TPSA) is 55.4 Å². The SMILES string of the molecule is COC(=O)C(C)(C)C(=O)Nc1ccccc1. The molecule has 1 amide bonds. The molecule has 16 heavy (non-hydrogen) atoms. The summed E-state index contributed by atoms with van der Waals surface area (Å²) in [6, 6.07) is 8.97. The quantitative estimate of drug-likeness (QED) is 0.625. The normalized spacial score (nSPS) is 10.7. The van der Waals surface area contributed by atoms with Crippen molar-refractivity contribution >= 4 is 17.6 Å². The Morgan fingerprint density at radius 1 is 1.19 bits per heavy atom. The van der Waals surface area contributed by atoms with Crippen molar-refractivity contribution in [1.29, 1.82) is 0 Å². The number of carbonyl (C=O) groups is 2. The number of ether oxygens (including phenoxy) is 1. The maximum absolute atomic E-state index is 11.8. The highest BCUT2D eigenvalue weighted by atomic mass is 16.5. The largest absolute Gasteiger partial charge is 0.468 e. The Labute approximate surface area is 94.6 Å². The lowest BCUT2D eigenvalue weighted by Gasteiger charge is -2.20. The Balaban J connectivity index is 2.76. The number of rotatable bonds is 3. The second kappa shape index (κ2) is 4.79. The van der Waals surface area contributed by atoms with Crippen molar-refractivity contribution in [2.75, 3.05) is 12.4 Å². The Kier molecular flexibility index (Phi) is 3.66. The van der Waals surface area contributed by atoms with Crippen molar-refractivity contribution in [1.82, 2.24) is 0 Å². The summed E-state index contributed by atoms with van der Waals surface area (Å²) >= 11 is 0. The first-order valence-corrected chi connectivity index (χ1v) is 4.93. The smallest absolute Gasteiger partial charge is 0.320 e. The number of amides is 1. The summed E-state index contributed by atoms with van der Waals surface area (Å²) in [7, 11) is 1.26. The van der Waals surface area contributed by atoms with Crippen LogP contribution in [0.3, 0.4) is 0 Å². The number of carbonyl (C=O) groups excluding carboxylic acids is 2. The molecule has 0 aliphatic rings. The minimum absolute atomic E-state index is 0.384. The van der Waals surface area contributed by atoms with E-state index in [0.29, 0.717) is 5.69 Å². The maximum Gasteiger partial charge on any atom is 0.320 e. The molecule has 0 bridgehead atoms. The number of benzene rings is 1. The zero-order valence-corrected chi connectivity index (χ0v) is 9.61. The number of esters is 1. The van der Waals surface area contributed by atoms with E-state index < -0.39 is 11.4 Å². The van der Waals surface area contributed by atoms with Gasteiger partial charge in [-0.3, -0.25) is 9.59 Å². The first-order valence-electron chi connectivity index (χ1n) is 4.93. The minimum Gasteiger partial charge on any atom is -0.468 e. The second-order valence-corrected chi connectivity index (χ2v) is 3.94. The molecule has 0 saturated heterocycles. The number of hydrogen-bond donors (Lipinski definition) is 1. The van der Waals surface area contributed by atoms with Crippen LogP contribution in [0, 0.1) is 5.41 Å². The average molecular weight is 221 g/mol. The number of nitrogens with one attached hydrogen (secondary N) is 1. The molecule has 4 heteroatoms. The van der Waals surface area contributed by atoms with Crippen LogP contribution in [0.1, 0.15) is 13.8 Å². The summed E-state index contributed by atoms with van der Waals surface area (Å²) < 4.78 is 4.57. The summed E-state index contributed by atoms with van der Waals surface area (Å²) in [6.45, 7) is 3.05. The van der Waals surface area contributed by atoms with Gasteiger partial charge in [-0.25, -0.2) is 0 Å². The van der Waals surface area contributed by atoms with E-state index in [1.165, 1.54) is 21.0 Å². The molecule has 1 rings (SSSR count). The van der Waals surface area contributed by atoms with Crippen molar-refractivity contribution in [3.8, 4) is 0 Å². The van der Waals surface area contributed by atoms with Gasteiger partial charge in [0.25, 0.3) is 0 Å². The van der Waals surface area contributed by atoms with E-state index in [4.69, 9.17) is 0 Å². The lowest BCUT2D eigenvalue weighted by molar-refractivity contribution is -0.154.